The third-order valence-electron chi connectivity index (χ3n) is 3.29. The summed E-state index contributed by atoms with van der Waals surface area (Å²) in [6.45, 7) is 6.79. The van der Waals surface area contributed by atoms with Gasteiger partial charge in [-0.1, -0.05) is 32.9 Å². The zero-order valence-electron chi connectivity index (χ0n) is 14.1. The molecule has 1 atom stereocenters. The first-order valence-electron chi connectivity index (χ1n) is 7.30. The Labute approximate surface area is 128 Å². The van der Waals surface area contributed by atoms with Crippen LogP contribution in [0.2, 0.25) is 0 Å². The molecule has 0 fully saturated rings. The number of ether oxygens (including phenoxy) is 1. The van der Waals surface area contributed by atoms with Crippen LogP contribution in [-0.4, -0.2) is 38.6 Å². The van der Waals surface area contributed by atoms with E-state index in [1.54, 1.807) is 7.11 Å². The molecule has 0 saturated heterocycles. The molecule has 0 spiro atoms. The number of hydrogen-bond donors (Lipinski definition) is 1. The Bertz CT molecular complexity index is 464. The number of benzene rings is 1. The van der Waals surface area contributed by atoms with Gasteiger partial charge in [0.2, 0.25) is 5.91 Å². The summed E-state index contributed by atoms with van der Waals surface area (Å²) < 4.78 is 5.27. The topological polar surface area (TPSA) is 41.6 Å². The smallest absolute Gasteiger partial charge is 0.220 e. The molecule has 1 amide bonds. The molecule has 21 heavy (non-hydrogen) atoms. The summed E-state index contributed by atoms with van der Waals surface area (Å²) in [5, 5.41) is 3.04. The van der Waals surface area contributed by atoms with Crippen LogP contribution in [0.3, 0.4) is 0 Å². The molecule has 1 aromatic rings. The van der Waals surface area contributed by atoms with E-state index in [2.05, 4.69) is 37.1 Å². The first-order valence-corrected chi connectivity index (χ1v) is 7.30. The van der Waals surface area contributed by atoms with Gasteiger partial charge in [-0.2, -0.15) is 0 Å². The zero-order valence-corrected chi connectivity index (χ0v) is 14.1. The van der Waals surface area contributed by atoms with Crippen molar-refractivity contribution in [3.8, 4) is 5.75 Å². The van der Waals surface area contributed by atoms with Crippen LogP contribution in [0.25, 0.3) is 0 Å². The van der Waals surface area contributed by atoms with Crippen LogP contribution in [-0.2, 0) is 4.79 Å². The lowest BCUT2D eigenvalue weighted by molar-refractivity contribution is -0.123. The van der Waals surface area contributed by atoms with Crippen LogP contribution in [0.4, 0.5) is 0 Å². The lowest BCUT2D eigenvalue weighted by Gasteiger charge is -2.26. The normalized spacial score (nSPS) is 13.1. The third-order valence-corrected chi connectivity index (χ3v) is 3.29. The fraction of sp³-hybridized carbons (Fsp3) is 0.588. The second-order valence-electron chi connectivity index (χ2n) is 6.80. The third kappa shape index (κ3) is 6.17. The summed E-state index contributed by atoms with van der Waals surface area (Å²) in [6.07, 6.45) is 0.533. The van der Waals surface area contributed by atoms with Crippen molar-refractivity contribution in [2.24, 2.45) is 5.41 Å². The summed E-state index contributed by atoms with van der Waals surface area (Å²) in [6, 6.07) is 8.10. The minimum absolute atomic E-state index is 0.00760. The number of carbonyl (C=O) groups excluding carboxylic acids is 1. The highest BCUT2D eigenvalue weighted by atomic mass is 16.5. The van der Waals surface area contributed by atoms with Gasteiger partial charge in [0.15, 0.2) is 0 Å². The second-order valence-corrected chi connectivity index (χ2v) is 6.80. The average Bonchev–Trinajstić information content (AvgIpc) is 2.36. The van der Waals surface area contributed by atoms with E-state index in [0.717, 1.165) is 11.3 Å². The Morgan fingerprint density at radius 1 is 1.33 bits per heavy atom. The van der Waals surface area contributed by atoms with Gasteiger partial charge in [0.05, 0.1) is 13.2 Å². The predicted octanol–water partition coefficient (Wildman–Crippen LogP) is 2.85. The molecule has 1 aromatic carbocycles. The molecule has 0 bridgehead atoms. The van der Waals surface area contributed by atoms with Gasteiger partial charge in [-0.15, -0.1) is 0 Å². The van der Waals surface area contributed by atoms with Gasteiger partial charge in [0.25, 0.3) is 0 Å². The number of rotatable bonds is 6. The number of hydrogen-bond acceptors (Lipinski definition) is 3. The molecule has 1 rings (SSSR count). The van der Waals surface area contributed by atoms with Crippen molar-refractivity contribution in [3.05, 3.63) is 29.8 Å². The molecule has 4 nitrogen and oxygen atoms in total. The van der Waals surface area contributed by atoms with Crippen LogP contribution < -0.4 is 10.1 Å². The second kappa shape index (κ2) is 7.46. The maximum absolute atomic E-state index is 12.0. The van der Waals surface area contributed by atoms with Gasteiger partial charge in [-0.25, -0.2) is 0 Å². The minimum Gasteiger partial charge on any atom is -0.497 e. The summed E-state index contributed by atoms with van der Waals surface area (Å²) in [5.41, 5.74) is 1.14. The van der Waals surface area contributed by atoms with Crippen molar-refractivity contribution in [1.82, 2.24) is 10.2 Å². The predicted molar refractivity (Wildman–Crippen MR) is 86.5 cm³/mol. The maximum atomic E-state index is 12.0. The standard InChI is InChI=1S/C17H28N2O2/c1-17(2,3)11-16(20)18-12-15(19(4)5)13-8-7-9-14(10-13)21-6/h7-10,15H,11-12H2,1-6H3,(H,18,20). The van der Waals surface area contributed by atoms with Gasteiger partial charge < -0.3 is 15.0 Å². The molecule has 0 heterocycles. The van der Waals surface area contributed by atoms with Gasteiger partial charge in [-0.05, 0) is 37.2 Å². The summed E-state index contributed by atoms with van der Waals surface area (Å²) in [5.74, 6) is 0.928. The Hall–Kier alpha value is -1.55. The Morgan fingerprint density at radius 2 is 2.00 bits per heavy atom. The first kappa shape index (κ1) is 17.5. The highest BCUT2D eigenvalue weighted by Crippen LogP contribution is 2.22. The number of methoxy groups -OCH3 is 1. The van der Waals surface area contributed by atoms with Crippen molar-refractivity contribution in [3.63, 3.8) is 0 Å². The molecule has 0 saturated carbocycles. The molecular weight excluding hydrogens is 264 g/mol. The van der Waals surface area contributed by atoms with Crippen LogP contribution in [0.15, 0.2) is 24.3 Å². The molecule has 0 aliphatic rings. The molecule has 1 N–H and O–H groups in total. The van der Waals surface area contributed by atoms with Crippen LogP contribution in [0, 0.1) is 5.41 Å². The van der Waals surface area contributed by atoms with Gasteiger partial charge in [0.1, 0.15) is 5.75 Å². The fourth-order valence-electron chi connectivity index (χ4n) is 2.20. The molecule has 4 heteroatoms. The number of likely N-dealkylation sites (N-methyl/N-ethyl adjacent to an activating group) is 1. The fourth-order valence-corrected chi connectivity index (χ4v) is 2.20. The van der Waals surface area contributed by atoms with Crippen LogP contribution >= 0.6 is 0 Å². The minimum atomic E-state index is 0.00760. The average molecular weight is 292 g/mol. The van der Waals surface area contributed by atoms with E-state index in [9.17, 15) is 4.79 Å². The summed E-state index contributed by atoms with van der Waals surface area (Å²) in [4.78, 5) is 14.1. The monoisotopic (exact) mass is 292 g/mol. The summed E-state index contributed by atoms with van der Waals surface area (Å²) in [7, 11) is 5.69. The lowest BCUT2D eigenvalue weighted by atomic mass is 9.92. The SMILES string of the molecule is COc1cccc(C(CNC(=O)CC(C)(C)C)N(C)C)c1. The summed E-state index contributed by atoms with van der Waals surface area (Å²) >= 11 is 0. The van der Waals surface area contributed by atoms with Crippen molar-refractivity contribution < 1.29 is 9.53 Å². The Kier molecular flexibility index (Phi) is 6.21. The maximum Gasteiger partial charge on any atom is 0.220 e. The number of carbonyl (C=O) groups is 1. The Balaban J connectivity index is 2.72. The number of nitrogens with zero attached hydrogens (tertiary/aromatic N) is 1. The van der Waals surface area contributed by atoms with E-state index in [1.165, 1.54) is 0 Å². The molecule has 1 unspecified atom stereocenters. The number of nitrogens with one attached hydrogen (secondary N) is 1. The molecule has 0 aliphatic carbocycles. The van der Waals surface area contributed by atoms with E-state index in [-0.39, 0.29) is 17.4 Å². The van der Waals surface area contributed by atoms with E-state index >= 15 is 0 Å². The molecule has 0 aromatic heterocycles. The van der Waals surface area contributed by atoms with Crippen molar-refractivity contribution in [2.75, 3.05) is 27.7 Å². The Morgan fingerprint density at radius 3 is 2.52 bits per heavy atom. The largest absolute Gasteiger partial charge is 0.497 e. The van der Waals surface area contributed by atoms with Crippen molar-refractivity contribution >= 4 is 5.91 Å². The van der Waals surface area contributed by atoms with E-state index in [1.807, 2.05) is 32.3 Å². The lowest BCUT2D eigenvalue weighted by Crippen LogP contribution is -2.35. The zero-order chi connectivity index (χ0) is 16.0. The van der Waals surface area contributed by atoms with E-state index < -0.39 is 0 Å². The van der Waals surface area contributed by atoms with Crippen LogP contribution in [0.1, 0.15) is 38.8 Å². The molecule has 118 valence electrons. The highest BCUT2D eigenvalue weighted by molar-refractivity contribution is 5.76. The molecule has 0 radical (unpaired) electrons. The quantitative estimate of drug-likeness (QED) is 0.876. The van der Waals surface area contributed by atoms with Crippen molar-refractivity contribution in [2.45, 2.75) is 33.2 Å². The highest BCUT2D eigenvalue weighted by Gasteiger charge is 2.19. The van der Waals surface area contributed by atoms with Gasteiger partial charge in [0, 0.05) is 13.0 Å². The van der Waals surface area contributed by atoms with Crippen molar-refractivity contribution in [1.29, 1.82) is 0 Å². The molecular formula is C17H28N2O2. The van der Waals surface area contributed by atoms with E-state index in [4.69, 9.17) is 4.74 Å². The van der Waals surface area contributed by atoms with Crippen LogP contribution in [0.5, 0.6) is 5.75 Å². The van der Waals surface area contributed by atoms with Gasteiger partial charge in [-0.3, -0.25) is 4.79 Å². The molecule has 0 aliphatic heterocycles. The first-order chi connectivity index (χ1) is 9.73. The number of amides is 1. The van der Waals surface area contributed by atoms with E-state index in [0.29, 0.717) is 13.0 Å². The van der Waals surface area contributed by atoms with Gasteiger partial charge >= 0.3 is 0 Å².